The number of hydrogen-bond donors (Lipinski definition) is 1. The number of hydrogen-bond acceptors (Lipinski definition) is 4. The second-order valence-corrected chi connectivity index (χ2v) is 10.9. The lowest BCUT2D eigenvalue weighted by Crippen LogP contribution is -2.15. The van der Waals surface area contributed by atoms with Crippen LogP contribution in [-0.2, 0) is 16.8 Å². The highest BCUT2D eigenvalue weighted by Gasteiger charge is 2.25. The van der Waals surface area contributed by atoms with Gasteiger partial charge in [-0.25, -0.2) is 4.98 Å². The van der Waals surface area contributed by atoms with Crippen molar-refractivity contribution in [1.82, 2.24) is 9.55 Å². The van der Waals surface area contributed by atoms with Crippen LogP contribution in [0.5, 0.6) is 0 Å². The zero-order chi connectivity index (χ0) is 22.3. The molecule has 0 radical (unpaired) electrons. The molecular formula is C23H20Cl2N2O2S2. The van der Waals surface area contributed by atoms with Crippen LogP contribution < -0.4 is 0 Å². The summed E-state index contributed by atoms with van der Waals surface area (Å²) in [6.07, 6.45) is 3.43. The summed E-state index contributed by atoms with van der Waals surface area (Å²) in [4.78, 5) is 7.41. The Morgan fingerprint density at radius 1 is 1.03 bits per heavy atom. The molecule has 2 aromatic carbocycles. The second kappa shape index (κ2) is 8.62. The number of halogens is 2. The minimum atomic E-state index is -1.13. The van der Waals surface area contributed by atoms with Gasteiger partial charge in [0.2, 0.25) is 0 Å². The van der Waals surface area contributed by atoms with Crippen molar-refractivity contribution in [2.24, 2.45) is 0 Å². The Kier molecular flexibility index (Phi) is 6.23. The fourth-order valence-corrected chi connectivity index (χ4v) is 5.31. The highest BCUT2D eigenvalue weighted by atomic mass is 35.5. The van der Waals surface area contributed by atoms with E-state index in [9.17, 15) is 9.66 Å². The second-order valence-electron chi connectivity index (χ2n) is 7.59. The molecule has 1 N–H and O–H groups in total. The fraction of sp³-hybridized carbons (Fsp3) is 0.174. The molecule has 4 nitrogen and oxygen atoms in total. The van der Waals surface area contributed by atoms with E-state index in [-0.39, 0.29) is 0 Å². The summed E-state index contributed by atoms with van der Waals surface area (Å²) >= 11 is 13.5. The van der Waals surface area contributed by atoms with Crippen LogP contribution >= 0.6 is 34.5 Å². The van der Waals surface area contributed by atoms with E-state index in [1.165, 1.54) is 0 Å². The van der Waals surface area contributed by atoms with E-state index < -0.39 is 16.8 Å². The van der Waals surface area contributed by atoms with Gasteiger partial charge in [0.1, 0.15) is 11.9 Å². The van der Waals surface area contributed by atoms with Gasteiger partial charge in [0.05, 0.1) is 26.3 Å². The van der Waals surface area contributed by atoms with Crippen molar-refractivity contribution in [1.29, 1.82) is 0 Å². The Labute approximate surface area is 198 Å². The van der Waals surface area contributed by atoms with Crippen LogP contribution in [0, 0.1) is 0 Å². The van der Waals surface area contributed by atoms with E-state index in [1.54, 1.807) is 55.8 Å². The van der Waals surface area contributed by atoms with Gasteiger partial charge in [0, 0.05) is 17.1 Å². The number of imidazole rings is 1. The van der Waals surface area contributed by atoms with E-state index in [1.807, 2.05) is 41.0 Å². The Bertz CT molecular complexity index is 1220. The van der Waals surface area contributed by atoms with Gasteiger partial charge in [0.25, 0.3) is 0 Å². The number of thiophene rings is 1. The molecule has 0 fully saturated rings. The maximum absolute atomic E-state index is 11.9. The van der Waals surface area contributed by atoms with Gasteiger partial charge in [-0.05, 0) is 60.9 Å². The maximum Gasteiger partial charge on any atom is 0.155 e. The summed E-state index contributed by atoms with van der Waals surface area (Å²) in [5.41, 5.74) is 0.979. The zero-order valence-corrected chi connectivity index (χ0v) is 20.2. The lowest BCUT2D eigenvalue weighted by atomic mass is 10.1. The van der Waals surface area contributed by atoms with E-state index in [0.717, 1.165) is 20.2 Å². The minimum absolute atomic E-state index is 0.489. The van der Waals surface area contributed by atoms with E-state index in [4.69, 9.17) is 28.2 Å². The van der Waals surface area contributed by atoms with Crippen LogP contribution in [0.3, 0.4) is 0 Å². The normalized spacial score (nSPS) is 12.9. The molecule has 0 amide bonds. The molecule has 8 heteroatoms. The van der Waals surface area contributed by atoms with Crippen molar-refractivity contribution in [3.8, 4) is 26.8 Å². The predicted molar refractivity (Wildman–Crippen MR) is 130 cm³/mol. The fourth-order valence-electron chi connectivity index (χ4n) is 3.18. The Morgan fingerprint density at radius 3 is 2.32 bits per heavy atom. The average molecular weight is 491 g/mol. The molecule has 31 heavy (non-hydrogen) atoms. The molecule has 160 valence electrons. The molecule has 4 rings (SSSR count). The Balaban J connectivity index is 1.86. The van der Waals surface area contributed by atoms with E-state index >= 15 is 0 Å². The first-order chi connectivity index (χ1) is 14.6. The van der Waals surface area contributed by atoms with Gasteiger partial charge in [-0.15, -0.1) is 11.3 Å². The lowest BCUT2D eigenvalue weighted by molar-refractivity contribution is 0.0743. The highest BCUT2D eigenvalue weighted by Crippen LogP contribution is 2.39. The van der Waals surface area contributed by atoms with Gasteiger partial charge < -0.3 is 9.66 Å². The summed E-state index contributed by atoms with van der Waals surface area (Å²) in [5.74, 6) is 0.638. The van der Waals surface area contributed by atoms with Crippen molar-refractivity contribution >= 4 is 45.7 Å². The van der Waals surface area contributed by atoms with Crippen LogP contribution in [0.2, 0.25) is 10.0 Å². The third kappa shape index (κ3) is 4.55. The predicted octanol–water partition coefficient (Wildman–Crippen LogP) is 6.54. The summed E-state index contributed by atoms with van der Waals surface area (Å²) in [7, 11) is 0. The first-order valence-corrected chi connectivity index (χ1v) is 12.6. The first kappa shape index (κ1) is 22.4. The van der Waals surface area contributed by atoms with Crippen molar-refractivity contribution < 1.29 is 9.66 Å². The van der Waals surface area contributed by atoms with Gasteiger partial charge in [-0.3, -0.25) is 4.57 Å². The zero-order valence-electron chi connectivity index (χ0n) is 17.1. The molecule has 1 unspecified atom stereocenters. The lowest BCUT2D eigenvalue weighted by Gasteiger charge is -2.13. The number of para-hydroxylation sites is 1. The molecular weight excluding hydrogens is 471 g/mol. The number of nitrogens with zero attached hydrogens (tertiary/aromatic N) is 2. The van der Waals surface area contributed by atoms with Crippen LogP contribution in [0.4, 0.5) is 0 Å². The largest absolute Gasteiger partial charge is 0.612 e. The summed E-state index contributed by atoms with van der Waals surface area (Å²) in [6.45, 7) is 3.38. The van der Waals surface area contributed by atoms with Gasteiger partial charge >= 0.3 is 0 Å². The highest BCUT2D eigenvalue weighted by molar-refractivity contribution is 7.90. The molecule has 2 heterocycles. The number of benzene rings is 2. The van der Waals surface area contributed by atoms with Crippen molar-refractivity contribution in [2.75, 3.05) is 6.26 Å². The smallest absolute Gasteiger partial charge is 0.155 e. The molecule has 0 bridgehead atoms. The quantitative estimate of drug-likeness (QED) is 0.323. The molecule has 4 aromatic rings. The molecule has 0 aliphatic carbocycles. The van der Waals surface area contributed by atoms with Crippen molar-refractivity contribution in [3.05, 3.63) is 76.5 Å². The van der Waals surface area contributed by atoms with Gasteiger partial charge in [-0.2, -0.15) is 0 Å². The van der Waals surface area contributed by atoms with Crippen LogP contribution in [0.1, 0.15) is 19.5 Å². The van der Waals surface area contributed by atoms with Gasteiger partial charge in [-0.1, -0.05) is 41.4 Å². The average Bonchev–Trinajstić information content (AvgIpc) is 3.35. The molecule has 0 aliphatic rings. The van der Waals surface area contributed by atoms with Crippen LogP contribution in [-0.4, -0.2) is 25.5 Å². The maximum atomic E-state index is 11.9. The summed E-state index contributed by atoms with van der Waals surface area (Å²) in [5, 5.41) is 11.5. The molecule has 1 atom stereocenters. The first-order valence-electron chi connectivity index (χ1n) is 9.46. The molecule has 0 spiro atoms. The topological polar surface area (TPSA) is 61.1 Å². The van der Waals surface area contributed by atoms with E-state index in [0.29, 0.717) is 27.3 Å². The Hall–Kier alpha value is -1.80. The number of aromatic nitrogens is 2. The van der Waals surface area contributed by atoms with Gasteiger partial charge in [0.15, 0.2) is 10.7 Å². The summed E-state index contributed by atoms with van der Waals surface area (Å²) in [6, 6.07) is 17.0. The summed E-state index contributed by atoms with van der Waals surface area (Å²) < 4.78 is 13.7. The van der Waals surface area contributed by atoms with Crippen molar-refractivity contribution in [2.45, 2.75) is 24.3 Å². The molecule has 0 saturated heterocycles. The Morgan fingerprint density at radius 2 is 1.68 bits per heavy atom. The number of rotatable bonds is 5. The monoisotopic (exact) mass is 490 g/mol. The third-order valence-corrected chi connectivity index (χ3v) is 7.45. The van der Waals surface area contributed by atoms with Crippen LogP contribution in [0.15, 0.2) is 65.7 Å². The van der Waals surface area contributed by atoms with Crippen molar-refractivity contribution in [3.63, 3.8) is 0 Å². The minimum Gasteiger partial charge on any atom is -0.612 e. The van der Waals surface area contributed by atoms with E-state index in [2.05, 4.69) is 0 Å². The molecule has 0 saturated carbocycles. The standard InChI is InChI=1S/C23H20Cl2N2O2S2/c1-23(2,28)20-13-27(21-16(24)8-5-9-17(21)25)22(26-20)19-11-10-18(30-19)14-6-4-7-15(12-14)31(3)29/h4-13,28H,1-3H3. The molecule has 0 aliphatic heterocycles. The van der Waals surface area contributed by atoms with Crippen LogP contribution in [0.25, 0.3) is 26.8 Å². The number of aliphatic hydroxyl groups is 1. The molecule has 2 aromatic heterocycles. The SMILES string of the molecule is C[S+]([O-])c1cccc(-c2ccc(-c3nc(C(C)(C)O)cn3-c3c(Cl)cccc3Cl)s2)c1. The third-order valence-electron chi connectivity index (χ3n) is 4.79.